The van der Waals surface area contributed by atoms with E-state index < -0.39 is 57.5 Å². The van der Waals surface area contributed by atoms with Crippen LogP contribution in [0.4, 0.5) is 13.2 Å². The molecule has 12 heteroatoms. The predicted octanol–water partition coefficient (Wildman–Crippen LogP) is 10.2. The fourth-order valence-corrected chi connectivity index (χ4v) is 11.9. The maximum absolute atomic E-state index is 15.3. The van der Waals surface area contributed by atoms with E-state index in [0.29, 0.717) is 67.4 Å². The summed E-state index contributed by atoms with van der Waals surface area (Å²) in [6.07, 6.45) is 0.912. The minimum absolute atomic E-state index is 0.0774. The molecule has 9 rings (SSSR count). The van der Waals surface area contributed by atoms with E-state index >= 15 is 4.79 Å². The quantitative estimate of drug-likeness (QED) is 0.103. The first kappa shape index (κ1) is 43.1. The van der Waals surface area contributed by atoms with Gasteiger partial charge >= 0.3 is 12.3 Å². The van der Waals surface area contributed by atoms with E-state index in [2.05, 4.69) is 10.8 Å². The van der Waals surface area contributed by atoms with Gasteiger partial charge in [0.15, 0.2) is 5.60 Å². The molecule has 4 aromatic rings. The number of hydrogen-bond acceptors (Lipinski definition) is 8. The molecule has 3 aromatic carbocycles. The van der Waals surface area contributed by atoms with Crippen molar-refractivity contribution < 1.29 is 47.2 Å². The number of alkyl halides is 3. The fourth-order valence-electron chi connectivity index (χ4n) is 10.9. The summed E-state index contributed by atoms with van der Waals surface area (Å²) in [5.41, 5.74) is -1.95. The van der Waals surface area contributed by atoms with Crippen molar-refractivity contribution in [3.63, 3.8) is 0 Å². The lowest BCUT2D eigenvalue weighted by Gasteiger charge is -2.47. The van der Waals surface area contributed by atoms with Gasteiger partial charge in [0.1, 0.15) is 5.75 Å². The van der Waals surface area contributed by atoms with E-state index in [1.54, 1.807) is 4.90 Å². The Bertz CT molecular complexity index is 2370. The molecule has 0 radical (unpaired) electrons. The predicted molar refractivity (Wildman–Crippen MR) is 227 cm³/mol. The van der Waals surface area contributed by atoms with E-state index in [1.807, 2.05) is 83.1 Å². The molecule has 0 spiro atoms. The Morgan fingerprint density at radius 2 is 1.69 bits per heavy atom. The zero-order valence-corrected chi connectivity index (χ0v) is 36.2. The summed E-state index contributed by atoms with van der Waals surface area (Å²) in [4.78, 5) is 45.6. The summed E-state index contributed by atoms with van der Waals surface area (Å²) in [6, 6.07) is 21.0. The Morgan fingerprint density at radius 1 is 0.951 bits per heavy atom. The Kier molecular flexibility index (Phi) is 10.9. The number of allylic oxidation sites excluding steroid dienone is 2. The van der Waals surface area contributed by atoms with Gasteiger partial charge in [0.2, 0.25) is 5.78 Å². The first-order chi connectivity index (χ1) is 28.7. The molecule has 1 amide bonds. The van der Waals surface area contributed by atoms with Gasteiger partial charge in [-0.05, 0) is 130 Å². The lowest BCUT2D eigenvalue weighted by Crippen LogP contribution is -2.60. The third kappa shape index (κ3) is 7.40. The lowest BCUT2D eigenvalue weighted by atomic mass is 9.64. The number of aliphatic hydroxyl groups excluding tert-OH is 1. The number of nitrogens with zero attached hydrogens (tertiary/aromatic N) is 1. The van der Waals surface area contributed by atoms with Crippen molar-refractivity contribution >= 4 is 39.1 Å². The monoisotopic (exact) mass is 857 g/mol. The molecule has 61 heavy (non-hydrogen) atoms. The van der Waals surface area contributed by atoms with E-state index in [0.717, 1.165) is 26.8 Å². The first-order valence-electron chi connectivity index (χ1n) is 21.3. The number of benzene rings is 3. The van der Waals surface area contributed by atoms with Crippen molar-refractivity contribution in [2.45, 2.75) is 129 Å². The van der Waals surface area contributed by atoms with Crippen LogP contribution in [0.2, 0.25) is 0 Å². The van der Waals surface area contributed by atoms with Crippen LogP contribution in [-0.4, -0.2) is 63.0 Å². The van der Waals surface area contributed by atoms with Gasteiger partial charge in [-0.25, -0.2) is 0 Å². The molecule has 2 N–H and O–H groups in total. The Labute approximate surface area is 358 Å². The second kappa shape index (κ2) is 15.4. The molecule has 1 aliphatic heterocycles. The minimum Gasteiger partial charge on any atom is -0.448 e. The van der Waals surface area contributed by atoms with E-state index in [1.165, 1.54) is 35.6 Å². The summed E-state index contributed by atoms with van der Waals surface area (Å²) in [5, 5.41) is 25.4. The van der Waals surface area contributed by atoms with Crippen LogP contribution < -0.4 is 4.74 Å². The highest BCUT2D eigenvalue weighted by atomic mass is 32.1. The minimum atomic E-state index is -4.88. The second-order valence-electron chi connectivity index (χ2n) is 19.0. The first-order valence-corrected chi connectivity index (χ1v) is 22.1. The molecule has 324 valence electrons. The smallest absolute Gasteiger partial charge is 0.448 e. The molecule has 4 bridgehead atoms. The molecule has 2 saturated carbocycles. The fraction of sp³-hybridized carbons (Fsp3) is 0.490. The Morgan fingerprint density at radius 3 is 2.36 bits per heavy atom. The topological polar surface area (TPSA) is 113 Å². The highest BCUT2D eigenvalue weighted by Gasteiger charge is 2.76. The average molecular weight is 858 g/mol. The molecule has 6 unspecified atom stereocenters. The second-order valence-corrected chi connectivity index (χ2v) is 20.0. The number of halogens is 3. The third-order valence-corrected chi connectivity index (χ3v) is 16.4. The number of amides is 1. The normalized spacial score (nSPS) is 29.8. The van der Waals surface area contributed by atoms with Gasteiger partial charge in [-0.1, -0.05) is 74.9 Å². The molecule has 5 aliphatic rings. The number of carbonyl (C=O) groups is 3. The molecule has 8 nitrogen and oxygen atoms in total. The maximum Gasteiger partial charge on any atom is 0.573 e. The largest absolute Gasteiger partial charge is 0.573 e. The van der Waals surface area contributed by atoms with Crippen LogP contribution in [0.3, 0.4) is 0 Å². The van der Waals surface area contributed by atoms with Crippen LogP contribution in [0.5, 0.6) is 5.75 Å². The maximum atomic E-state index is 15.3. The van der Waals surface area contributed by atoms with Crippen LogP contribution in [0.15, 0.2) is 84.4 Å². The number of ether oxygens (including phenoxy) is 2. The van der Waals surface area contributed by atoms with Gasteiger partial charge in [-0.2, -0.15) is 0 Å². The molecule has 1 saturated heterocycles. The standard InChI is InChI=1S/C49H54F3NO7S/c1-30-9-8-21-45(4)38(36-19-15-32(25-34(54)16-12-30)26-37(36)41(55)40-27-33-10-6-7-11-39(33)61-40)20-22-47(45,58)29-53(28-31-13-17-35(18-14-31)59-49(50,51)52)42(56)48-24-23-46(5,43(57)60-48)44(48,2)3/h6-7,9-11,13-15,17-19,26-27,34,38,54,58H,8,12,16,20-25,28-29H2,1-5H3. The lowest BCUT2D eigenvalue weighted by molar-refractivity contribution is -0.274. The zero-order chi connectivity index (χ0) is 43.8. The van der Waals surface area contributed by atoms with Gasteiger partial charge < -0.3 is 24.6 Å². The summed E-state index contributed by atoms with van der Waals surface area (Å²) in [7, 11) is 0. The van der Waals surface area contributed by atoms with Gasteiger partial charge in [-0.15, -0.1) is 24.5 Å². The van der Waals surface area contributed by atoms with Gasteiger partial charge in [0, 0.05) is 27.6 Å². The zero-order valence-electron chi connectivity index (χ0n) is 35.4. The van der Waals surface area contributed by atoms with Gasteiger partial charge in [0.05, 0.1) is 28.5 Å². The van der Waals surface area contributed by atoms with Crippen LogP contribution in [0, 0.1) is 16.2 Å². The summed E-state index contributed by atoms with van der Waals surface area (Å²) in [6.45, 7) is 9.42. The Balaban J connectivity index is 1.21. The van der Waals surface area contributed by atoms with E-state index in [-0.39, 0.29) is 31.2 Å². The highest BCUT2D eigenvalue weighted by Crippen LogP contribution is 2.66. The van der Waals surface area contributed by atoms with Crippen molar-refractivity contribution in [1.82, 2.24) is 4.90 Å². The number of thiophene rings is 1. The van der Waals surface area contributed by atoms with Gasteiger partial charge in [0.25, 0.3) is 5.91 Å². The number of fused-ring (bicyclic) bond motifs is 11. The van der Waals surface area contributed by atoms with Crippen LogP contribution in [-0.2, 0) is 27.3 Å². The molecule has 3 fully saturated rings. The number of ketones is 1. The molecular formula is C49H54F3NO7S. The third-order valence-electron chi connectivity index (χ3n) is 15.3. The number of rotatable bonds is 8. The summed E-state index contributed by atoms with van der Waals surface area (Å²) < 4.78 is 50.4. The number of esters is 1. The van der Waals surface area contributed by atoms with E-state index in [4.69, 9.17) is 4.74 Å². The molecule has 6 atom stereocenters. The van der Waals surface area contributed by atoms with Crippen LogP contribution in [0.1, 0.15) is 124 Å². The van der Waals surface area contributed by atoms with Crippen LogP contribution >= 0.6 is 11.3 Å². The number of carbonyl (C=O) groups excluding carboxylic acids is 3. The highest BCUT2D eigenvalue weighted by molar-refractivity contribution is 7.21. The van der Waals surface area contributed by atoms with E-state index in [9.17, 15) is 33.0 Å². The SMILES string of the molecule is CC1=CCCC2(C)C(CCC2(O)CN(Cc2ccc(OC(F)(F)F)cc2)C(=O)C23CCC(C)(C(=O)O2)C3(C)C)c2ccc(cc2C(=O)c2cc3ccccc3s2)CC(O)CC1. The van der Waals surface area contributed by atoms with Crippen molar-refractivity contribution in [2.75, 3.05) is 6.54 Å². The summed E-state index contributed by atoms with van der Waals surface area (Å²) in [5.74, 6) is -1.76. The van der Waals surface area contributed by atoms with Crippen molar-refractivity contribution in [3.05, 3.63) is 112 Å². The van der Waals surface area contributed by atoms with Gasteiger partial charge in [-0.3, -0.25) is 14.4 Å². The average Bonchev–Trinajstić information content (AvgIpc) is 3.85. The Hall–Kier alpha value is -4.52. The number of hydrogen-bond donors (Lipinski definition) is 2. The van der Waals surface area contributed by atoms with Crippen molar-refractivity contribution in [3.8, 4) is 5.75 Å². The number of aliphatic hydroxyl groups is 2. The summed E-state index contributed by atoms with van der Waals surface area (Å²) >= 11 is 1.43. The molecule has 2 heterocycles. The van der Waals surface area contributed by atoms with Crippen LogP contribution in [0.25, 0.3) is 10.1 Å². The molecule has 1 aromatic heterocycles. The molecule has 4 aliphatic carbocycles. The van der Waals surface area contributed by atoms with Crippen molar-refractivity contribution in [1.29, 1.82) is 0 Å². The van der Waals surface area contributed by atoms with Crippen molar-refractivity contribution in [2.24, 2.45) is 16.2 Å². The molecular weight excluding hydrogens is 804 g/mol.